The van der Waals surface area contributed by atoms with E-state index in [1.54, 1.807) is 43.8 Å². The Bertz CT molecular complexity index is 524. The van der Waals surface area contributed by atoms with Gasteiger partial charge in [-0.05, 0) is 42.3 Å². The smallest absolute Gasteiger partial charge is 0.251 e. The second-order valence-corrected chi connectivity index (χ2v) is 4.10. The monoisotopic (exact) mass is 256 g/mol. The van der Waals surface area contributed by atoms with Crippen molar-refractivity contribution in [2.24, 2.45) is 0 Å². The third-order valence-electron chi connectivity index (χ3n) is 2.77. The highest BCUT2D eigenvalue weighted by atomic mass is 16.5. The zero-order chi connectivity index (χ0) is 13.5. The summed E-state index contributed by atoms with van der Waals surface area (Å²) in [5.74, 6) is 0.665. The molecule has 0 aliphatic heterocycles. The summed E-state index contributed by atoms with van der Waals surface area (Å²) in [4.78, 5) is 15.9. The van der Waals surface area contributed by atoms with E-state index in [4.69, 9.17) is 4.74 Å². The van der Waals surface area contributed by atoms with Crippen LogP contribution in [0.3, 0.4) is 0 Å². The number of carbonyl (C=O) groups excluding carboxylic acids is 1. The van der Waals surface area contributed by atoms with Crippen molar-refractivity contribution in [1.29, 1.82) is 0 Å². The molecule has 0 fully saturated rings. The fourth-order valence-electron chi connectivity index (χ4n) is 1.71. The van der Waals surface area contributed by atoms with Gasteiger partial charge in [0.05, 0.1) is 7.11 Å². The minimum Gasteiger partial charge on any atom is -0.497 e. The standard InChI is InChI=1S/C15H16N2O2/c1-19-14-6-4-13(5-7-14)15(18)17-10-8-12-3-2-9-16-11-12/h2-7,9,11H,8,10H2,1H3,(H,17,18). The highest BCUT2D eigenvalue weighted by Gasteiger charge is 2.04. The number of nitrogens with one attached hydrogen (secondary N) is 1. The van der Waals surface area contributed by atoms with Gasteiger partial charge in [-0.3, -0.25) is 9.78 Å². The van der Waals surface area contributed by atoms with Gasteiger partial charge >= 0.3 is 0 Å². The second kappa shape index (κ2) is 6.54. The summed E-state index contributed by atoms with van der Waals surface area (Å²) in [6, 6.07) is 10.9. The minimum absolute atomic E-state index is 0.0773. The summed E-state index contributed by atoms with van der Waals surface area (Å²) in [7, 11) is 1.60. The molecule has 0 bridgehead atoms. The van der Waals surface area contributed by atoms with Crippen LogP contribution in [-0.2, 0) is 6.42 Å². The lowest BCUT2D eigenvalue weighted by atomic mass is 10.2. The molecule has 0 aliphatic carbocycles. The van der Waals surface area contributed by atoms with Gasteiger partial charge in [-0.2, -0.15) is 0 Å². The summed E-state index contributed by atoms with van der Waals surface area (Å²) >= 11 is 0. The van der Waals surface area contributed by atoms with E-state index >= 15 is 0 Å². The Kier molecular flexibility index (Phi) is 4.50. The number of carbonyl (C=O) groups is 1. The molecule has 2 rings (SSSR count). The van der Waals surface area contributed by atoms with Gasteiger partial charge in [-0.15, -0.1) is 0 Å². The Hall–Kier alpha value is -2.36. The van der Waals surface area contributed by atoms with Crippen LogP contribution in [-0.4, -0.2) is 24.5 Å². The van der Waals surface area contributed by atoms with Gasteiger partial charge in [0.15, 0.2) is 0 Å². The molecule has 0 saturated carbocycles. The number of hydrogen-bond donors (Lipinski definition) is 1. The molecule has 1 heterocycles. The van der Waals surface area contributed by atoms with E-state index in [2.05, 4.69) is 10.3 Å². The van der Waals surface area contributed by atoms with Crippen LogP contribution in [0.5, 0.6) is 5.75 Å². The predicted octanol–water partition coefficient (Wildman–Crippen LogP) is 2.06. The Balaban J connectivity index is 1.84. The molecular weight excluding hydrogens is 240 g/mol. The number of hydrogen-bond acceptors (Lipinski definition) is 3. The van der Waals surface area contributed by atoms with Crippen LogP contribution in [0.2, 0.25) is 0 Å². The van der Waals surface area contributed by atoms with Crippen molar-refractivity contribution >= 4 is 5.91 Å². The van der Waals surface area contributed by atoms with Crippen LogP contribution in [0.25, 0.3) is 0 Å². The quantitative estimate of drug-likeness (QED) is 0.891. The fraction of sp³-hybridized carbons (Fsp3) is 0.200. The Morgan fingerprint density at radius 3 is 2.68 bits per heavy atom. The van der Waals surface area contributed by atoms with Crippen LogP contribution >= 0.6 is 0 Å². The van der Waals surface area contributed by atoms with Gasteiger partial charge in [0, 0.05) is 24.5 Å². The van der Waals surface area contributed by atoms with E-state index in [-0.39, 0.29) is 5.91 Å². The molecule has 19 heavy (non-hydrogen) atoms. The van der Waals surface area contributed by atoms with Crippen molar-refractivity contribution in [2.45, 2.75) is 6.42 Å². The topological polar surface area (TPSA) is 51.2 Å². The molecule has 1 N–H and O–H groups in total. The summed E-state index contributed by atoms with van der Waals surface area (Å²) in [6.07, 6.45) is 4.31. The van der Waals surface area contributed by atoms with Crippen molar-refractivity contribution < 1.29 is 9.53 Å². The summed E-state index contributed by atoms with van der Waals surface area (Å²) in [5.41, 5.74) is 1.74. The van der Waals surface area contributed by atoms with Crippen LogP contribution in [0, 0.1) is 0 Å². The average Bonchev–Trinajstić information content (AvgIpc) is 2.48. The van der Waals surface area contributed by atoms with Crippen LogP contribution in [0.4, 0.5) is 0 Å². The molecule has 0 aliphatic rings. The van der Waals surface area contributed by atoms with Gasteiger partial charge in [0.1, 0.15) is 5.75 Å². The van der Waals surface area contributed by atoms with E-state index in [1.165, 1.54) is 0 Å². The lowest BCUT2D eigenvalue weighted by molar-refractivity contribution is 0.0954. The molecule has 0 radical (unpaired) electrons. The fourth-order valence-corrected chi connectivity index (χ4v) is 1.71. The molecule has 2 aromatic rings. The molecule has 1 aromatic carbocycles. The maximum Gasteiger partial charge on any atom is 0.251 e. The number of ether oxygens (including phenoxy) is 1. The second-order valence-electron chi connectivity index (χ2n) is 4.10. The number of rotatable bonds is 5. The zero-order valence-corrected chi connectivity index (χ0v) is 10.8. The first-order valence-corrected chi connectivity index (χ1v) is 6.11. The van der Waals surface area contributed by atoms with Crippen molar-refractivity contribution in [3.05, 3.63) is 59.9 Å². The van der Waals surface area contributed by atoms with Crippen LogP contribution in [0.1, 0.15) is 15.9 Å². The maximum atomic E-state index is 11.9. The van der Waals surface area contributed by atoms with E-state index in [9.17, 15) is 4.79 Å². The first-order valence-electron chi connectivity index (χ1n) is 6.11. The Morgan fingerprint density at radius 1 is 1.26 bits per heavy atom. The molecule has 0 atom stereocenters. The average molecular weight is 256 g/mol. The Morgan fingerprint density at radius 2 is 2.05 bits per heavy atom. The molecule has 0 spiro atoms. The van der Waals surface area contributed by atoms with Gasteiger partial charge < -0.3 is 10.1 Å². The minimum atomic E-state index is -0.0773. The normalized spacial score (nSPS) is 9.95. The van der Waals surface area contributed by atoms with Gasteiger partial charge in [-0.25, -0.2) is 0 Å². The van der Waals surface area contributed by atoms with E-state index in [0.717, 1.165) is 17.7 Å². The largest absolute Gasteiger partial charge is 0.497 e. The molecule has 0 saturated heterocycles. The van der Waals surface area contributed by atoms with Crippen molar-refractivity contribution in [2.75, 3.05) is 13.7 Å². The number of pyridine rings is 1. The highest BCUT2D eigenvalue weighted by Crippen LogP contribution is 2.11. The summed E-state index contributed by atoms with van der Waals surface area (Å²) < 4.78 is 5.05. The van der Waals surface area contributed by atoms with E-state index < -0.39 is 0 Å². The molecule has 4 heteroatoms. The van der Waals surface area contributed by atoms with Crippen LogP contribution < -0.4 is 10.1 Å². The highest BCUT2D eigenvalue weighted by molar-refractivity contribution is 5.94. The summed E-state index contributed by atoms with van der Waals surface area (Å²) in [6.45, 7) is 0.594. The number of benzene rings is 1. The van der Waals surface area contributed by atoms with E-state index in [0.29, 0.717) is 12.1 Å². The SMILES string of the molecule is COc1ccc(C(=O)NCCc2cccnc2)cc1. The van der Waals surface area contributed by atoms with Crippen molar-refractivity contribution in [1.82, 2.24) is 10.3 Å². The summed E-state index contributed by atoms with van der Waals surface area (Å²) in [5, 5.41) is 2.88. The number of nitrogens with zero attached hydrogens (tertiary/aromatic N) is 1. The Labute approximate surface area is 112 Å². The molecule has 98 valence electrons. The number of aromatic nitrogens is 1. The third-order valence-corrected chi connectivity index (χ3v) is 2.77. The molecule has 1 aromatic heterocycles. The maximum absolute atomic E-state index is 11.9. The van der Waals surface area contributed by atoms with Gasteiger partial charge in [-0.1, -0.05) is 6.07 Å². The van der Waals surface area contributed by atoms with Crippen LogP contribution in [0.15, 0.2) is 48.8 Å². The zero-order valence-electron chi connectivity index (χ0n) is 10.8. The van der Waals surface area contributed by atoms with Gasteiger partial charge in [0.25, 0.3) is 5.91 Å². The molecule has 0 unspecified atom stereocenters. The number of methoxy groups -OCH3 is 1. The lowest BCUT2D eigenvalue weighted by Gasteiger charge is -2.06. The molecular formula is C15H16N2O2. The third kappa shape index (κ3) is 3.81. The first-order chi connectivity index (χ1) is 9.29. The predicted molar refractivity (Wildman–Crippen MR) is 73.3 cm³/mol. The van der Waals surface area contributed by atoms with Crippen molar-refractivity contribution in [3.63, 3.8) is 0 Å². The first kappa shape index (κ1) is 13.1. The van der Waals surface area contributed by atoms with Crippen molar-refractivity contribution in [3.8, 4) is 5.75 Å². The molecule has 1 amide bonds. The van der Waals surface area contributed by atoms with E-state index in [1.807, 2.05) is 12.1 Å². The number of amides is 1. The van der Waals surface area contributed by atoms with Gasteiger partial charge in [0.2, 0.25) is 0 Å². The lowest BCUT2D eigenvalue weighted by Crippen LogP contribution is -2.25. The molecule has 4 nitrogen and oxygen atoms in total.